The summed E-state index contributed by atoms with van der Waals surface area (Å²) in [6, 6.07) is 24.1. The molecule has 4 nitrogen and oxygen atoms in total. The van der Waals surface area contributed by atoms with Gasteiger partial charge in [-0.3, -0.25) is 4.79 Å². The summed E-state index contributed by atoms with van der Waals surface area (Å²) in [6.45, 7) is 4.62. The quantitative estimate of drug-likeness (QED) is 0.594. The van der Waals surface area contributed by atoms with E-state index in [2.05, 4.69) is 36.1 Å². The van der Waals surface area contributed by atoms with E-state index in [9.17, 15) is 4.79 Å². The number of hydrogen-bond acceptors (Lipinski definition) is 3. The van der Waals surface area contributed by atoms with Crippen LogP contribution in [0.3, 0.4) is 0 Å². The number of allylic oxidation sites excluding steroid dienone is 1. The number of ether oxygens (including phenoxy) is 1. The Balaban J connectivity index is 1.70. The van der Waals surface area contributed by atoms with Gasteiger partial charge in [0, 0.05) is 12.1 Å². The number of nitrogens with zero attached hydrogens (tertiary/aromatic N) is 2. The van der Waals surface area contributed by atoms with Crippen LogP contribution in [0.2, 0.25) is 0 Å². The Hall–Kier alpha value is -3.53. The molecule has 1 amide bonds. The summed E-state index contributed by atoms with van der Waals surface area (Å²) < 4.78 is 5.98. The third-order valence-corrected chi connectivity index (χ3v) is 5.60. The molecular formula is C25H22N2O2. The zero-order chi connectivity index (χ0) is 20.0. The van der Waals surface area contributed by atoms with Gasteiger partial charge in [-0.25, -0.2) is 0 Å². The Kier molecular flexibility index (Phi) is 4.13. The van der Waals surface area contributed by atoms with E-state index in [0.717, 1.165) is 28.3 Å². The van der Waals surface area contributed by atoms with E-state index in [-0.39, 0.29) is 12.1 Å². The molecule has 2 aliphatic heterocycles. The van der Waals surface area contributed by atoms with Crippen LogP contribution >= 0.6 is 0 Å². The molecule has 0 bridgehead atoms. The third-order valence-electron chi connectivity index (χ3n) is 5.60. The third kappa shape index (κ3) is 2.88. The highest BCUT2D eigenvalue weighted by Crippen LogP contribution is 2.45. The van der Waals surface area contributed by atoms with Gasteiger partial charge in [0.15, 0.2) is 0 Å². The van der Waals surface area contributed by atoms with Gasteiger partial charge >= 0.3 is 0 Å². The van der Waals surface area contributed by atoms with Crippen LogP contribution in [-0.4, -0.2) is 10.8 Å². The van der Waals surface area contributed by atoms with Crippen LogP contribution in [0.5, 0.6) is 5.75 Å². The monoisotopic (exact) mass is 382 g/mol. The van der Waals surface area contributed by atoms with Gasteiger partial charge in [-0.2, -0.15) is 0 Å². The molecule has 4 heteroatoms. The molecule has 0 spiro atoms. The number of para-hydroxylation sites is 2. The first-order chi connectivity index (χ1) is 14.1. The average molecular weight is 382 g/mol. The number of hydrogen-bond donors (Lipinski definition) is 0. The number of amides is 1. The molecule has 0 aromatic heterocycles. The minimum atomic E-state index is -0.270. The fourth-order valence-electron chi connectivity index (χ4n) is 4.15. The van der Waals surface area contributed by atoms with Crippen LogP contribution in [0.15, 0.2) is 84.8 Å². The van der Waals surface area contributed by atoms with Gasteiger partial charge < -0.3 is 14.5 Å². The van der Waals surface area contributed by atoms with Crippen LogP contribution < -0.4 is 9.64 Å². The van der Waals surface area contributed by atoms with Gasteiger partial charge in [0.05, 0.1) is 16.9 Å². The number of rotatable bonds is 2. The van der Waals surface area contributed by atoms with Crippen molar-refractivity contribution in [2.24, 2.45) is 0 Å². The van der Waals surface area contributed by atoms with Crippen molar-refractivity contribution in [3.63, 3.8) is 0 Å². The fraction of sp³-hybridized carbons (Fsp3) is 0.160. The predicted molar refractivity (Wildman–Crippen MR) is 114 cm³/mol. The lowest BCUT2D eigenvalue weighted by atomic mass is 9.99. The van der Waals surface area contributed by atoms with Crippen LogP contribution in [0.1, 0.15) is 40.1 Å². The van der Waals surface area contributed by atoms with Gasteiger partial charge in [-0.1, -0.05) is 60.2 Å². The Labute approximate surface area is 170 Å². The zero-order valence-electron chi connectivity index (χ0n) is 16.5. The van der Waals surface area contributed by atoms with Gasteiger partial charge in [-0.15, -0.1) is 0 Å². The van der Waals surface area contributed by atoms with Crippen molar-refractivity contribution in [1.82, 2.24) is 4.90 Å². The molecule has 144 valence electrons. The van der Waals surface area contributed by atoms with Crippen LogP contribution in [0.4, 0.5) is 5.69 Å². The number of aryl methyl sites for hydroxylation is 1. The summed E-state index contributed by atoms with van der Waals surface area (Å²) >= 11 is 0. The van der Waals surface area contributed by atoms with Crippen LogP contribution in [0.25, 0.3) is 0 Å². The Morgan fingerprint density at radius 3 is 2.45 bits per heavy atom. The molecule has 5 rings (SSSR count). The van der Waals surface area contributed by atoms with Gasteiger partial charge in [0.1, 0.15) is 18.2 Å². The number of anilines is 1. The topological polar surface area (TPSA) is 32.8 Å². The van der Waals surface area contributed by atoms with Crippen molar-refractivity contribution in [2.75, 3.05) is 4.90 Å². The SMILES string of the molecule is CC1=COc2ccccc2C2N(Cc3ccc(C)cc3)C(=O)c3ccccc3N12. The minimum absolute atomic E-state index is 0.0342. The number of benzene rings is 3. The van der Waals surface area contributed by atoms with E-state index in [0.29, 0.717) is 12.1 Å². The maximum Gasteiger partial charge on any atom is 0.258 e. The second-order valence-electron chi connectivity index (χ2n) is 7.59. The molecule has 2 aliphatic rings. The lowest BCUT2D eigenvalue weighted by Gasteiger charge is -2.45. The van der Waals surface area contributed by atoms with E-state index in [1.807, 2.05) is 60.4 Å². The second kappa shape index (κ2) is 6.82. The molecule has 0 fully saturated rings. The summed E-state index contributed by atoms with van der Waals surface area (Å²) in [6.07, 6.45) is 1.50. The summed E-state index contributed by atoms with van der Waals surface area (Å²) in [7, 11) is 0. The molecule has 0 saturated heterocycles. The Bertz CT molecular complexity index is 1120. The van der Waals surface area contributed by atoms with E-state index in [1.165, 1.54) is 5.56 Å². The molecule has 29 heavy (non-hydrogen) atoms. The standard InChI is InChI=1S/C25H22N2O2/c1-17-11-13-19(14-12-17)15-26-24-21-8-4-6-10-23(21)29-16-18(2)27(24)22-9-5-3-7-20(22)25(26)28/h3-14,16,24H,15H2,1-2H3. The molecule has 2 heterocycles. The second-order valence-corrected chi connectivity index (χ2v) is 7.59. The van der Waals surface area contributed by atoms with Crippen molar-refractivity contribution in [2.45, 2.75) is 26.6 Å². The molecule has 1 atom stereocenters. The molecule has 0 saturated carbocycles. The normalized spacial score (nSPS) is 17.5. The fourth-order valence-corrected chi connectivity index (χ4v) is 4.15. The molecule has 0 radical (unpaired) electrons. The lowest BCUT2D eigenvalue weighted by molar-refractivity contribution is 0.0638. The first-order valence-electron chi connectivity index (χ1n) is 9.80. The lowest BCUT2D eigenvalue weighted by Crippen LogP contribution is -2.48. The smallest absolute Gasteiger partial charge is 0.258 e. The van der Waals surface area contributed by atoms with Crippen molar-refractivity contribution < 1.29 is 9.53 Å². The van der Waals surface area contributed by atoms with Crippen molar-refractivity contribution in [3.8, 4) is 5.75 Å². The van der Waals surface area contributed by atoms with Crippen molar-refractivity contribution in [3.05, 3.63) is 107 Å². The molecule has 1 unspecified atom stereocenters. The number of carbonyl (C=O) groups is 1. The highest BCUT2D eigenvalue weighted by Gasteiger charge is 2.41. The van der Waals surface area contributed by atoms with Crippen LogP contribution in [0, 0.1) is 6.92 Å². The highest BCUT2D eigenvalue weighted by molar-refractivity contribution is 6.02. The molecule has 3 aromatic carbocycles. The van der Waals surface area contributed by atoms with Crippen molar-refractivity contribution in [1.29, 1.82) is 0 Å². The molecule has 3 aromatic rings. The van der Waals surface area contributed by atoms with E-state index >= 15 is 0 Å². The van der Waals surface area contributed by atoms with E-state index < -0.39 is 0 Å². The first kappa shape index (κ1) is 17.6. The van der Waals surface area contributed by atoms with E-state index in [1.54, 1.807) is 6.26 Å². The Morgan fingerprint density at radius 2 is 1.62 bits per heavy atom. The van der Waals surface area contributed by atoms with Crippen LogP contribution in [-0.2, 0) is 6.54 Å². The largest absolute Gasteiger partial charge is 0.463 e. The van der Waals surface area contributed by atoms with Gasteiger partial charge in [0.25, 0.3) is 5.91 Å². The highest BCUT2D eigenvalue weighted by atomic mass is 16.5. The summed E-state index contributed by atoms with van der Waals surface area (Å²) in [4.78, 5) is 17.8. The van der Waals surface area contributed by atoms with Gasteiger partial charge in [0.2, 0.25) is 0 Å². The predicted octanol–water partition coefficient (Wildman–Crippen LogP) is 5.41. The van der Waals surface area contributed by atoms with Crippen molar-refractivity contribution >= 4 is 11.6 Å². The molecule has 0 N–H and O–H groups in total. The van der Waals surface area contributed by atoms with Gasteiger partial charge in [-0.05, 0) is 37.6 Å². The zero-order valence-corrected chi connectivity index (χ0v) is 16.5. The first-order valence-corrected chi connectivity index (χ1v) is 9.80. The van der Waals surface area contributed by atoms with E-state index in [4.69, 9.17) is 4.74 Å². The number of fused-ring (bicyclic) bond motifs is 5. The molecular weight excluding hydrogens is 360 g/mol. The number of carbonyl (C=O) groups excluding carboxylic acids is 1. The maximum atomic E-state index is 13.6. The Morgan fingerprint density at radius 1 is 0.897 bits per heavy atom. The maximum absolute atomic E-state index is 13.6. The summed E-state index contributed by atoms with van der Waals surface area (Å²) in [5.41, 5.74) is 5.88. The summed E-state index contributed by atoms with van der Waals surface area (Å²) in [5.74, 6) is 0.812. The minimum Gasteiger partial charge on any atom is -0.463 e. The average Bonchev–Trinajstić information content (AvgIpc) is 2.89. The summed E-state index contributed by atoms with van der Waals surface area (Å²) in [5, 5.41) is 0. The molecule has 0 aliphatic carbocycles.